The van der Waals surface area contributed by atoms with Crippen LogP contribution in [-0.2, 0) is 6.54 Å². The number of amidine groups is 1. The topological polar surface area (TPSA) is 61.8 Å². The summed E-state index contributed by atoms with van der Waals surface area (Å²) in [6, 6.07) is 4.26. The molecule has 0 saturated heterocycles. The molecule has 0 spiro atoms. The minimum Gasteiger partial charge on any atom is -0.409 e. The van der Waals surface area contributed by atoms with Gasteiger partial charge in [-0.3, -0.25) is 4.90 Å². The first-order chi connectivity index (χ1) is 8.95. The highest BCUT2D eigenvalue weighted by Gasteiger charge is 2.15. The maximum Gasteiger partial charge on any atom is 0.163 e. The molecule has 3 N–H and O–H groups in total. The summed E-state index contributed by atoms with van der Waals surface area (Å²) in [6.07, 6.45) is 0.367. The molecular weight excluding hydrogens is 252 g/mol. The maximum atomic E-state index is 13.6. The van der Waals surface area contributed by atoms with Crippen LogP contribution >= 0.6 is 0 Å². The largest absolute Gasteiger partial charge is 0.409 e. The van der Waals surface area contributed by atoms with Gasteiger partial charge in [0.05, 0.1) is 0 Å². The van der Waals surface area contributed by atoms with Crippen LogP contribution in [0.1, 0.15) is 25.8 Å². The number of hydrogen-bond donors (Lipinski definition) is 2. The van der Waals surface area contributed by atoms with Crippen molar-refractivity contribution in [3.05, 3.63) is 35.4 Å². The third-order valence-electron chi connectivity index (χ3n) is 2.92. The minimum absolute atomic E-state index is 0.116. The van der Waals surface area contributed by atoms with Gasteiger partial charge in [-0.1, -0.05) is 17.3 Å². The summed E-state index contributed by atoms with van der Waals surface area (Å²) in [4.78, 5) is 1.93. The van der Waals surface area contributed by atoms with Crippen molar-refractivity contribution in [3.8, 4) is 0 Å². The molecule has 0 aliphatic carbocycles. The number of benzene rings is 1. The van der Waals surface area contributed by atoms with Gasteiger partial charge in [0.15, 0.2) is 11.6 Å². The number of halogens is 2. The minimum atomic E-state index is -0.849. The van der Waals surface area contributed by atoms with Crippen LogP contribution in [0.3, 0.4) is 0 Å². The van der Waals surface area contributed by atoms with Gasteiger partial charge in [0.25, 0.3) is 0 Å². The van der Waals surface area contributed by atoms with Gasteiger partial charge in [0.2, 0.25) is 0 Å². The number of hydrogen-bond acceptors (Lipinski definition) is 3. The quantitative estimate of drug-likeness (QED) is 0.361. The highest BCUT2D eigenvalue weighted by atomic mass is 19.2. The highest BCUT2D eigenvalue weighted by Crippen LogP contribution is 2.15. The van der Waals surface area contributed by atoms with E-state index in [2.05, 4.69) is 5.16 Å². The summed E-state index contributed by atoms with van der Waals surface area (Å²) in [7, 11) is 0. The average Bonchev–Trinajstić information content (AvgIpc) is 2.38. The lowest BCUT2D eigenvalue weighted by molar-refractivity contribution is 0.214. The molecule has 0 aromatic heterocycles. The Kier molecular flexibility index (Phi) is 5.69. The summed E-state index contributed by atoms with van der Waals surface area (Å²) in [5.74, 6) is -1.56. The van der Waals surface area contributed by atoms with Gasteiger partial charge < -0.3 is 10.9 Å². The fraction of sp³-hybridized carbons (Fsp3) is 0.462. The van der Waals surface area contributed by atoms with E-state index in [1.54, 1.807) is 6.07 Å². The smallest absolute Gasteiger partial charge is 0.163 e. The van der Waals surface area contributed by atoms with Crippen molar-refractivity contribution >= 4 is 5.84 Å². The van der Waals surface area contributed by atoms with Crippen LogP contribution in [0, 0.1) is 11.6 Å². The first-order valence-electron chi connectivity index (χ1n) is 6.09. The van der Waals surface area contributed by atoms with Gasteiger partial charge in [-0.05, 0) is 19.9 Å². The number of rotatable bonds is 6. The maximum absolute atomic E-state index is 13.6. The molecule has 106 valence electrons. The molecule has 0 bridgehead atoms. The summed E-state index contributed by atoms with van der Waals surface area (Å²) < 4.78 is 26.7. The lowest BCUT2D eigenvalue weighted by Gasteiger charge is -2.26. The van der Waals surface area contributed by atoms with Crippen molar-refractivity contribution in [2.24, 2.45) is 10.9 Å². The fourth-order valence-electron chi connectivity index (χ4n) is 1.72. The van der Waals surface area contributed by atoms with E-state index < -0.39 is 11.6 Å². The summed E-state index contributed by atoms with van der Waals surface area (Å²) in [6.45, 7) is 4.68. The Morgan fingerprint density at radius 3 is 2.68 bits per heavy atom. The third kappa shape index (κ3) is 4.48. The predicted molar refractivity (Wildman–Crippen MR) is 69.9 cm³/mol. The van der Waals surface area contributed by atoms with E-state index >= 15 is 0 Å². The van der Waals surface area contributed by atoms with Crippen LogP contribution in [0.2, 0.25) is 0 Å². The normalized spacial score (nSPS) is 12.4. The van der Waals surface area contributed by atoms with E-state index in [1.165, 1.54) is 6.07 Å². The SMILES string of the molecule is CC(C)N(CCC(N)=NO)Cc1cccc(F)c1F. The Hall–Kier alpha value is -1.69. The monoisotopic (exact) mass is 271 g/mol. The van der Waals surface area contributed by atoms with Gasteiger partial charge in [0.1, 0.15) is 5.84 Å². The van der Waals surface area contributed by atoms with Crippen molar-refractivity contribution in [2.45, 2.75) is 32.9 Å². The summed E-state index contributed by atoms with van der Waals surface area (Å²) in [5, 5.41) is 11.4. The van der Waals surface area contributed by atoms with Crippen molar-refractivity contribution < 1.29 is 14.0 Å². The molecule has 6 heteroatoms. The van der Waals surface area contributed by atoms with Gasteiger partial charge >= 0.3 is 0 Å². The first-order valence-corrected chi connectivity index (χ1v) is 6.09. The third-order valence-corrected chi connectivity index (χ3v) is 2.92. The molecule has 4 nitrogen and oxygen atoms in total. The van der Waals surface area contributed by atoms with E-state index in [4.69, 9.17) is 10.9 Å². The predicted octanol–water partition coefficient (Wildman–Crippen LogP) is 2.31. The molecular formula is C13H19F2N3O. The van der Waals surface area contributed by atoms with Crippen molar-refractivity contribution in [2.75, 3.05) is 6.54 Å². The average molecular weight is 271 g/mol. The molecule has 19 heavy (non-hydrogen) atoms. The van der Waals surface area contributed by atoms with E-state index in [0.29, 0.717) is 18.5 Å². The molecule has 0 saturated carbocycles. The Balaban J connectivity index is 2.76. The zero-order chi connectivity index (χ0) is 14.4. The number of oxime groups is 1. The van der Waals surface area contributed by atoms with Crippen LogP contribution in [0.15, 0.2) is 23.4 Å². The highest BCUT2D eigenvalue weighted by molar-refractivity contribution is 5.79. The molecule has 1 aromatic carbocycles. The molecule has 0 fully saturated rings. The second kappa shape index (κ2) is 7.04. The van der Waals surface area contributed by atoms with Gasteiger partial charge in [-0.15, -0.1) is 0 Å². The Morgan fingerprint density at radius 1 is 1.42 bits per heavy atom. The van der Waals surface area contributed by atoms with E-state index in [-0.39, 0.29) is 18.4 Å². The lowest BCUT2D eigenvalue weighted by Crippen LogP contribution is -2.33. The Labute approximate surface area is 111 Å². The van der Waals surface area contributed by atoms with E-state index in [0.717, 1.165) is 6.07 Å². The molecule has 0 radical (unpaired) electrons. The van der Waals surface area contributed by atoms with Gasteiger partial charge in [0, 0.05) is 31.1 Å². The van der Waals surface area contributed by atoms with Gasteiger partial charge in [-0.2, -0.15) is 0 Å². The molecule has 0 aliphatic rings. The van der Waals surface area contributed by atoms with Crippen molar-refractivity contribution in [3.63, 3.8) is 0 Å². The van der Waals surface area contributed by atoms with Crippen molar-refractivity contribution in [1.82, 2.24) is 4.90 Å². The standard InChI is InChI=1S/C13H19F2N3O/c1-9(2)18(7-6-12(16)17-19)8-10-4-3-5-11(14)13(10)15/h3-5,9,19H,6-8H2,1-2H3,(H2,16,17). The van der Waals surface area contributed by atoms with Crippen LogP contribution in [0.4, 0.5) is 8.78 Å². The van der Waals surface area contributed by atoms with Crippen LogP contribution in [-0.4, -0.2) is 28.5 Å². The van der Waals surface area contributed by atoms with E-state index in [9.17, 15) is 8.78 Å². The first kappa shape index (κ1) is 15.4. The lowest BCUT2D eigenvalue weighted by atomic mass is 10.1. The second-order valence-electron chi connectivity index (χ2n) is 4.62. The second-order valence-corrected chi connectivity index (χ2v) is 4.62. The van der Waals surface area contributed by atoms with Crippen LogP contribution in [0.5, 0.6) is 0 Å². The molecule has 0 heterocycles. The number of nitrogens with two attached hydrogens (primary N) is 1. The Morgan fingerprint density at radius 2 is 2.11 bits per heavy atom. The molecule has 0 unspecified atom stereocenters. The molecule has 1 rings (SSSR count). The summed E-state index contributed by atoms with van der Waals surface area (Å²) >= 11 is 0. The summed E-state index contributed by atoms with van der Waals surface area (Å²) in [5.41, 5.74) is 5.71. The molecule has 0 amide bonds. The zero-order valence-electron chi connectivity index (χ0n) is 11.1. The molecule has 1 aromatic rings. The number of nitrogens with zero attached hydrogens (tertiary/aromatic N) is 2. The molecule has 0 aliphatic heterocycles. The Bertz CT molecular complexity index is 450. The molecule has 0 atom stereocenters. The van der Waals surface area contributed by atoms with Crippen molar-refractivity contribution in [1.29, 1.82) is 0 Å². The van der Waals surface area contributed by atoms with Gasteiger partial charge in [-0.25, -0.2) is 8.78 Å². The fourth-order valence-corrected chi connectivity index (χ4v) is 1.72. The van der Waals surface area contributed by atoms with E-state index in [1.807, 2.05) is 18.7 Å². The van der Waals surface area contributed by atoms with Crippen LogP contribution < -0.4 is 5.73 Å². The zero-order valence-corrected chi connectivity index (χ0v) is 11.1. The van der Waals surface area contributed by atoms with Crippen LogP contribution in [0.25, 0.3) is 0 Å².